The van der Waals surface area contributed by atoms with Gasteiger partial charge >= 0.3 is 0 Å². The minimum atomic E-state index is 0. The minimum absolute atomic E-state index is 0. The zero-order chi connectivity index (χ0) is 21.5. The molecule has 3 N–H and O–H groups in total. The lowest BCUT2D eigenvalue weighted by Crippen LogP contribution is -2.31. The van der Waals surface area contributed by atoms with Gasteiger partial charge in [0.05, 0.1) is 17.6 Å². The number of likely N-dealkylation sites (tertiary alicyclic amines) is 1. The molecule has 0 aliphatic carbocycles. The molecular weight excluding hydrogens is 495 g/mol. The Morgan fingerprint density at radius 3 is 2.59 bits per heavy atom. The van der Waals surface area contributed by atoms with Gasteiger partial charge in [-0.2, -0.15) is 0 Å². The van der Waals surface area contributed by atoms with Crippen molar-refractivity contribution >= 4 is 54.2 Å². The molecule has 192 valence electrons. The van der Waals surface area contributed by atoms with Gasteiger partial charge in [-0.25, -0.2) is 4.98 Å². The van der Waals surface area contributed by atoms with Crippen LogP contribution in [0.5, 0.6) is 5.75 Å². The average molecular weight is 534 g/mol. The molecule has 0 unspecified atom stereocenters. The van der Waals surface area contributed by atoms with Gasteiger partial charge in [-0.3, -0.25) is 0 Å². The molecule has 10 heteroatoms. The molecule has 1 saturated heterocycles. The Morgan fingerprint density at radius 2 is 1.85 bits per heavy atom. The largest absolute Gasteiger partial charge is 0.493 e. The van der Waals surface area contributed by atoms with E-state index in [1.165, 1.54) is 38.0 Å². The van der Waals surface area contributed by atoms with Crippen molar-refractivity contribution < 1.29 is 4.74 Å². The number of nitrogen functional groups attached to an aromatic ring is 1. The number of nitrogens with zero attached hydrogens (tertiary/aromatic N) is 4. The molecule has 0 spiro atoms. The fourth-order valence-corrected chi connectivity index (χ4v) is 4.44. The summed E-state index contributed by atoms with van der Waals surface area (Å²) < 4.78 is 8.17. The quantitative estimate of drug-likeness (QED) is 0.340. The number of hydrogen-bond donors (Lipinski definition) is 2. The monoisotopic (exact) mass is 532 g/mol. The number of H-pyrrole nitrogens is 1. The molecule has 1 aliphatic heterocycles. The summed E-state index contributed by atoms with van der Waals surface area (Å²) in [4.78, 5) is 12.7. The number of ether oxygens (including phenoxy) is 1. The normalized spacial score (nSPS) is 13.8. The Bertz CT molecular complexity index is 944. The number of nitrogens with two attached hydrogens (primary N) is 1. The molecule has 3 heterocycles. The Hall–Kier alpha value is -1.64. The van der Waals surface area contributed by atoms with E-state index in [9.17, 15) is 0 Å². The number of imidazole rings is 1. The molecule has 1 fully saturated rings. The lowest BCUT2D eigenvalue weighted by molar-refractivity contribution is 0.223. The maximum atomic E-state index is 6.22. The third-order valence-electron chi connectivity index (χ3n) is 6.11. The highest BCUT2D eigenvalue weighted by Gasteiger charge is 2.12. The van der Waals surface area contributed by atoms with E-state index in [1.807, 2.05) is 24.4 Å². The highest BCUT2D eigenvalue weighted by atomic mass is 35.5. The number of aromatic amines is 1. The summed E-state index contributed by atoms with van der Waals surface area (Å²) in [5.41, 5.74) is 9.46. The number of anilines is 1. The number of aromatic nitrogens is 3. The van der Waals surface area contributed by atoms with Crippen LogP contribution in [0.4, 0.5) is 5.95 Å². The maximum Gasteiger partial charge on any atom is 0.201 e. The van der Waals surface area contributed by atoms with E-state index in [4.69, 9.17) is 10.5 Å². The topological polar surface area (TPSA) is 75.3 Å². The van der Waals surface area contributed by atoms with Crippen LogP contribution in [0.3, 0.4) is 0 Å². The van der Waals surface area contributed by atoms with Crippen LogP contribution in [0.15, 0.2) is 36.5 Å². The first-order chi connectivity index (χ1) is 15.2. The van der Waals surface area contributed by atoms with Crippen molar-refractivity contribution in [2.24, 2.45) is 0 Å². The number of benzene rings is 1. The smallest absolute Gasteiger partial charge is 0.201 e. The van der Waals surface area contributed by atoms with Crippen LogP contribution in [0, 0.1) is 0 Å². The van der Waals surface area contributed by atoms with Gasteiger partial charge in [0.15, 0.2) is 0 Å². The van der Waals surface area contributed by atoms with Gasteiger partial charge in [0.2, 0.25) is 5.95 Å². The Morgan fingerprint density at radius 1 is 1.06 bits per heavy atom. The van der Waals surface area contributed by atoms with Crippen molar-refractivity contribution in [3.05, 3.63) is 42.2 Å². The zero-order valence-corrected chi connectivity index (χ0v) is 22.4. The Labute approximate surface area is 221 Å². The average Bonchev–Trinajstić information content (AvgIpc) is 3.39. The lowest BCUT2D eigenvalue weighted by Gasteiger charge is -2.26. The molecule has 2 aromatic heterocycles. The Kier molecular flexibility index (Phi) is 13.7. The molecule has 7 nitrogen and oxygen atoms in total. The molecule has 0 bridgehead atoms. The van der Waals surface area contributed by atoms with E-state index in [0.717, 1.165) is 55.8 Å². The number of hydrogen-bond acceptors (Lipinski definition) is 5. The fraction of sp³-hybridized carbons (Fsp3) is 0.542. The Balaban J connectivity index is 0.00000193. The fourth-order valence-electron chi connectivity index (χ4n) is 4.44. The van der Waals surface area contributed by atoms with Crippen LogP contribution < -0.4 is 10.5 Å². The van der Waals surface area contributed by atoms with Crippen molar-refractivity contribution in [1.82, 2.24) is 24.3 Å². The lowest BCUT2D eigenvalue weighted by atomic mass is 10.1. The van der Waals surface area contributed by atoms with Crippen LogP contribution >= 0.6 is 37.2 Å². The van der Waals surface area contributed by atoms with Crippen LogP contribution in [0.2, 0.25) is 0 Å². The molecule has 1 aromatic carbocycles. The number of fused-ring (bicyclic) bond motifs is 1. The minimum Gasteiger partial charge on any atom is -0.493 e. The summed E-state index contributed by atoms with van der Waals surface area (Å²) in [5.74, 6) is 1.48. The number of nitrogens with one attached hydrogen (secondary N) is 1. The predicted molar refractivity (Wildman–Crippen MR) is 148 cm³/mol. The second-order valence-electron chi connectivity index (χ2n) is 8.66. The van der Waals surface area contributed by atoms with E-state index >= 15 is 0 Å². The second kappa shape index (κ2) is 15.4. The number of piperidine rings is 1. The molecule has 4 rings (SSSR count). The highest BCUT2D eigenvalue weighted by Crippen LogP contribution is 2.24. The molecule has 0 saturated carbocycles. The molecule has 3 aromatic rings. The molecule has 1 aliphatic rings. The van der Waals surface area contributed by atoms with Crippen molar-refractivity contribution in [3.8, 4) is 5.75 Å². The van der Waals surface area contributed by atoms with E-state index in [2.05, 4.69) is 43.5 Å². The van der Waals surface area contributed by atoms with Crippen molar-refractivity contribution in [1.29, 1.82) is 0 Å². The van der Waals surface area contributed by atoms with Crippen LogP contribution in [-0.4, -0.2) is 64.2 Å². The molecule has 0 radical (unpaired) electrons. The van der Waals surface area contributed by atoms with Crippen LogP contribution in [0.25, 0.3) is 11.0 Å². The zero-order valence-electron chi connectivity index (χ0n) is 19.9. The van der Waals surface area contributed by atoms with Crippen LogP contribution in [0.1, 0.15) is 37.8 Å². The van der Waals surface area contributed by atoms with E-state index < -0.39 is 0 Å². The molecule has 34 heavy (non-hydrogen) atoms. The number of halogens is 3. The molecular formula is C24H39Cl3N6O. The molecule has 0 atom stereocenters. The first-order valence-electron chi connectivity index (χ1n) is 11.6. The summed E-state index contributed by atoms with van der Waals surface area (Å²) in [5, 5.41) is 0. The van der Waals surface area contributed by atoms with Gasteiger partial charge in [0.1, 0.15) is 5.75 Å². The summed E-state index contributed by atoms with van der Waals surface area (Å²) in [6.07, 6.45) is 8.08. The standard InChI is InChI=1S/C24H36N6O.3ClH/c1-28(19-20-8-5-11-26-20)12-7-17-31-21-9-10-22-23(18-21)30(24(25)27-22)16-6-15-29-13-3-2-4-14-29;;;/h5,8-11,18,26H,2-4,6-7,12-17,19H2,1H3,(H2,25,27);3*1H. The summed E-state index contributed by atoms with van der Waals surface area (Å²) in [6, 6.07) is 10.2. The summed E-state index contributed by atoms with van der Waals surface area (Å²) in [6.45, 7) is 7.10. The predicted octanol–water partition coefficient (Wildman–Crippen LogP) is 4.99. The van der Waals surface area contributed by atoms with Gasteiger partial charge in [-0.05, 0) is 76.6 Å². The van der Waals surface area contributed by atoms with Crippen molar-refractivity contribution in [2.45, 2.75) is 45.2 Å². The third-order valence-corrected chi connectivity index (χ3v) is 6.11. The SMILES string of the molecule is CN(CCCOc1ccc2nc(N)n(CCCN3CCCCC3)c2c1)Cc1ccc[nH]1.Cl.Cl.Cl. The molecule has 0 amide bonds. The van der Waals surface area contributed by atoms with E-state index in [0.29, 0.717) is 12.6 Å². The van der Waals surface area contributed by atoms with Gasteiger partial charge in [0, 0.05) is 37.6 Å². The maximum absolute atomic E-state index is 6.22. The van der Waals surface area contributed by atoms with Gasteiger partial charge in [0.25, 0.3) is 0 Å². The van der Waals surface area contributed by atoms with E-state index in [-0.39, 0.29) is 37.2 Å². The number of rotatable bonds is 11. The van der Waals surface area contributed by atoms with Gasteiger partial charge < -0.3 is 29.8 Å². The summed E-state index contributed by atoms with van der Waals surface area (Å²) >= 11 is 0. The van der Waals surface area contributed by atoms with E-state index in [1.54, 1.807) is 0 Å². The van der Waals surface area contributed by atoms with Crippen molar-refractivity contribution in [3.63, 3.8) is 0 Å². The number of aryl methyl sites for hydroxylation is 1. The summed E-state index contributed by atoms with van der Waals surface area (Å²) in [7, 11) is 2.14. The highest BCUT2D eigenvalue weighted by molar-refractivity contribution is 5.86. The van der Waals surface area contributed by atoms with Gasteiger partial charge in [-0.1, -0.05) is 6.42 Å². The van der Waals surface area contributed by atoms with Gasteiger partial charge in [-0.15, -0.1) is 37.2 Å². The first-order valence-corrected chi connectivity index (χ1v) is 11.6. The van der Waals surface area contributed by atoms with Crippen LogP contribution in [-0.2, 0) is 13.1 Å². The first kappa shape index (κ1) is 30.4. The third kappa shape index (κ3) is 8.54. The second-order valence-corrected chi connectivity index (χ2v) is 8.66. The van der Waals surface area contributed by atoms with Crippen molar-refractivity contribution in [2.75, 3.05) is 45.6 Å².